The molecule has 0 aliphatic heterocycles. The SMILES string of the molecule is CCCC(C)CC(NCC)c1ccc(C)cc1OC. The van der Waals surface area contributed by atoms with Crippen LogP contribution in [0.1, 0.15) is 57.2 Å². The number of benzene rings is 1. The molecule has 2 atom stereocenters. The van der Waals surface area contributed by atoms with Crippen LogP contribution in [0.5, 0.6) is 5.75 Å². The highest BCUT2D eigenvalue weighted by Crippen LogP contribution is 2.31. The van der Waals surface area contributed by atoms with Gasteiger partial charge in [-0.25, -0.2) is 0 Å². The van der Waals surface area contributed by atoms with Crippen molar-refractivity contribution in [1.29, 1.82) is 0 Å². The lowest BCUT2D eigenvalue weighted by Crippen LogP contribution is -2.23. The van der Waals surface area contributed by atoms with Crippen molar-refractivity contribution in [2.24, 2.45) is 5.92 Å². The summed E-state index contributed by atoms with van der Waals surface area (Å²) in [5.74, 6) is 1.75. The van der Waals surface area contributed by atoms with Gasteiger partial charge in [-0.3, -0.25) is 0 Å². The van der Waals surface area contributed by atoms with Crippen molar-refractivity contribution in [3.63, 3.8) is 0 Å². The fourth-order valence-electron chi connectivity index (χ4n) is 2.69. The minimum atomic E-state index is 0.391. The Labute approximate surface area is 118 Å². The maximum atomic E-state index is 5.56. The van der Waals surface area contributed by atoms with E-state index in [-0.39, 0.29) is 0 Å². The average molecular weight is 263 g/mol. The first kappa shape index (κ1) is 16.0. The van der Waals surface area contributed by atoms with Gasteiger partial charge in [-0.15, -0.1) is 0 Å². The molecule has 2 unspecified atom stereocenters. The van der Waals surface area contributed by atoms with Crippen LogP contribution in [0, 0.1) is 12.8 Å². The molecular formula is C17H29NO. The van der Waals surface area contributed by atoms with Gasteiger partial charge in [0.15, 0.2) is 0 Å². The molecule has 19 heavy (non-hydrogen) atoms. The molecule has 108 valence electrons. The molecule has 1 aromatic rings. The molecule has 0 bridgehead atoms. The van der Waals surface area contributed by atoms with Gasteiger partial charge >= 0.3 is 0 Å². The van der Waals surface area contributed by atoms with Gasteiger partial charge in [-0.1, -0.05) is 45.7 Å². The molecule has 1 aromatic carbocycles. The van der Waals surface area contributed by atoms with Crippen molar-refractivity contribution < 1.29 is 4.74 Å². The predicted molar refractivity (Wildman–Crippen MR) is 82.8 cm³/mol. The summed E-state index contributed by atoms with van der Waals surface area (Å²) in [6, 6.07) is 6.90. The van der Waals surface area contributed by atoms with Crippen LogP contribution < -0.4 is 10.1 Å². The minimum absolute atomic E-state index is 0.391. The molecule has 0 radical (unpaired) electrons. The van der Waals surface area contributed by atoms with E-state index in [1.54, 1.807) is 7.11 Å². The van der Waals surface area contributed by atoms with Gasteiger partial charge in [0.05, 0.1) is 7.11 Å². The monoisotopic (exact) mass is 263 g/mol. The van der Waals surface area contributed by atoms with Crippen LogP contribution >= 0.6 is 0 Å². The largest absolute Gasteiger partial charge is 0.496 e. The number of ether oxygens (including phenoxy) is 1. The van der Waals surface area contributed by atoms with E-state index in [4.69, 9.17) is 4.74 Å². The molecule has 0 saturated heterocycles. The van der Waals surface area contributed by atoms with Crippen LogP contribution in [0.25, 0.3) is 0 Å². The van der Waals surface area contributed by atoms with Crippen LogP contribution in [0.3, 0.4) is 0 Å². The first-order chi connectivity index (χ1) is 9.12. The fraction of sp³-hybridized carbons (Fsp3) is 0.647. The first-order valence-corrected chi connectivity index (χ1v) is 7.50. The van der Waals surface area contributed by atoms with E-state index in [1.165, 1.54) is 30.4 Å². The lowest BCUT2D eigenvalue weighted by molar-refractivity contribution is 0.368. The Balaban J connectivity index is 2.91. The number of hydrogen-bond acceptors (Lipinski definition) is 2. The maximum Gasteiger partial charge on any atom is 0.123 e. The van der Waals surface area contributed by atoms with E-state index in [2.05, 4.69) is 51.2 Å². The Hall–Kier alpha value is -1.02. The average Bonchev–Trinajstić information content (AvgIpc) is 2.38. The summed E-state index contributed by atoms with van der Waals surface area (Å²) in [4.78, 5) is 0. The Kier molecular flexibility index (Phi) is 6.93. The molecular weight excluding hydrogens is 234 g/mol. The van der Waals surface area contributed by atoms with Gasteiger partial charge in [0.1, 0.15) is 5.75 Å². The summed E-state index contributed by atoms with van der Waals surface area (Å²) in [5.41, 5.74) is 2.54. The normalized spacial score (nSPS) is 14.2. The summed E-state index contributed by atoms with van der Waals surface area (Å²) in [5, 5.41) is 3.60. The van der Waals surface area contributed by atoms with E-state index in [0.29, 0.717) is 6.04 Å². The van der Waals surface area contributed by atoms with Crippen molar-refractivity contribution in [2.75, 3.05) is 13.7 Å². The highest BCUT2D eigenvalue weighted by molar-refractivity contribution is 5.39. The second kappa shape index (κ2) is 8.21. The van der Waals surface area contributed by atoms with Crippen molar-refractivity contribution in [3.05, 3.63) is 29.3 Å². The van der Waals surface area contributed by atoms with Crippen LogP contribution in [0.15, 0.2) is 18.2 Å². The molecule has 0 heterocycles. The molecule has 0 aromatic heterocycles. The topological polar surface area (TPSA) is 21.3 Å². The van der Waals surface area contributed by atoms with E-state index in [0.717, 1.165) is 18.2 Å². The number of rotatable bonds is 8. The van der Waals surface area contributed by atoms with Crippen molar-refractivity contribution in [3.8, 4) is 5.75 Å². The zero-order valence-electron chi connectivity index (χ0n) is 13.1. The van der Waals surface area contributed by atoms with E-state index in [1.807, 2.05) is 0 Å². The highest BCUT2D eigenvalue weighted by Gasteiger charge is 2.17. The first-order valence-electron chi connectivity index (χ1n) is 7.50. The quantitative estimate of drug-likeness (QED) is 0.746. The number of aryl methyl sites for hydroxylation is 1. The summed E-state index contributed by atoms with van der Waals surface area (Å²) < 4.78 is 5.56. The molecule has 0 saturated carbocycles. The van der Waals surface area contributed by atoms with E-state index >= 15 is 0 Å². The van der Waals surface area contributed by atoms with Gasteiger partial charge in [-0.05, 0) is 37.4 Å². The van der Waals surface area contributed by atoms with Gasteiger partial charge in [0.2, 0.25) is 0 Å². The fourth-order valence-corrected chi connectivity index (χ4v) is 2.69. The van der Waals surface area contributed by atoms with Gasteiger partial charge < -0.3 is 10.1 Å². The van der Waals surface area contributed by atoms with E-state index < -0.39 is 0 Å². The molecule has 0 aliphatic carbocycles. The zero-order valence-corrected chi connectivity index (χ0v) is 13.1. The summed E-state index contributed by atoms with van der Waals surface area (Å²) in [6.45, 7) is 9.85. The molecule has 0 aliphatic rings. The maximum absolute atomic E-state index is 5.56. The predicted octanol–water partition coefficient (Wildman–Crippen LogP) is 4.48. The van der Waals surface area contributed by atoms with Crippen LogP contribution in [-0.2, 0) is 0 Å². The standard InChI is InChI=1S/C17H29NO/c1-6-8-13(3)11-16(18-7-2)15-10-9-14(4)12-17(15)19-5/h9-10,12-13,16,18H,6-8,11H2,1-5H3. The third kappa shape index (κ3) is 4.87. The lowest BCUT2D eigenvalue weighted by atomic mass is 9.92. The summed E-state index contributed by atoms with van der Waals surface area (Å²) >= 11 is 0. The van der Waals surface area contributed by atoms with E-state index in [9.17, 15) is 0 Å². The second-order valence-corrected chi connectivity index (χ2v) is 5.49. The van der Waals surface area contributed by atoms with Crippen LogP contribution in [0.4, 0.5) is 0 Å². The van der Waals surface area contributed by atoms with Crippen molar-refractivity contribution in [2.45, 2.75) is 53.0 Å². The number of hydrogen-bond donors (Lipinski definition) is 1. The lowest BCUT2D eigenvalue weighted by Gasteiger charge is -2.24. The zero-order chi connectivity index (χ0) is 14.3. The Morgan fingerprint density at radius 1 is 1.26 bits per heavy atom. The third-order valence-electron chi connectivity index (χ3n) is 3.63. The second-order valence-electron chi connectivity index (χ2n) is 5.49. The molecule has 2 nitrogen and oxygen atoms in total. The molecule has 0 amide bonds. The molecule has 0 spiro atoms. The number of nitrogens with one attached hydrogen (secondary N) is 1. The van der Waals surface area contributed by atoms with Gasteiger partial charge in [-0.2, -0.15) is 0 Å². The molecule has 2 heteroatoms. The summed E-state index contributed by atoms with van der Waals surface area (Å²) in [6.07, 6.45) is 3.71. The highest BCUT2D eigenvalue weighted by atomic mass is 16.5. The molecule has 1 N–H and O–H groups in total. The van der Waals surface area contributed by atoms with Gasteiger partial charge in [0.25, 0.3) is 0 Å². The van der Waals surface area contributed by atoms with Gasteiger partial charge in [0, 0.05) is 11.6 Å². The van der Waals surface area contributed by atoms with Crippen LogP contribution in [-0.4, -0.2) is 13.7 Å². The smallest absolute Gasteiger partial charge is 0.123 e. The minimum Gasteiger partial charge on any atom is -0.496 e. The Bertz CT molecular complexity index is 376. The Morgan fingerprint density at radius 2 is 2.00 bits per heavy atom. The van der Waals surface area contributed by atoms with Crippen molar-refractivity contribution >= 4 is 0 Å². The van der Waals surface area contributed by atoms with Crippen molar-refractivity contribution in [1.82, 2.24) is 5.32 Å². The Morgan fingerprint density at radius 3 is 2.58 bits per heavy atom. The molecule has 1 rings (SSSR count). The number of methoxy groups -OCH3 is 1. The summed E-state index contributed by atoms with van der Waals surface area (Å²) in [7, 11) is 1.76. The third-order valence-corrected chi connectivity index (χ3v) is 3.63. The molecule has 0 fully saturated rings. The van der Waals surface area contributed by atoms with Crippen LogP contribution in [0.2, 0.25) is 0 Å².